The van der Waals surface area contributed by atoms with Crippen LogP contribution in [0.2, 0.25) is 0 Å². The highest BCUT2D eigenvalue weighted by Crippen LogP contribution is 2.37. The Balaban J connectivity index is 2.37. The van der Waals surface area contributed by atoms with Gasteiger partial charge in [0.15, 0.2) is 0 Å². The Labute approximate surface area is 128 Å². The van der Waals surface area contributed by atoms with Gasteiger partial charge in [0.05, 0.1) is 0 Å². The predicted octanol–water partition coefficient (Wildman–Crippen LogP) is 3.01. The van der Waals surface area contributed by atoms with Crippen molar-refractivity contribution in [1.82, 2.24) is 10.2 Å². The number of nitrogens with one attached hydrogen (secondary N) is 1. The van der Waals surface area contributed by atoms with E-state index in [1.54, 1.807) is 0 Å². The number of piperazine rings is 1. The number of carbonyl (C=O) groups excluding carboxylic acids is 2. The van der Waals surface area contributed by atoms with Crippen LogP contribution in [0.4, 0.5) is 0 Å². The molecule has 1 saturated carbocycles. The molecule has 1 saturated heterocycles. The van der Waals surface area contributed by atoms with E-state index in [2.05, 4.69) is 26.1 Å². The summed E-state index contributed by atoms with van der Waals surface area (Å²) in [6.07, 6.45) is 7.46. The monoisotopic (exact) mass is 294 g/mol. The quantitative estimate of drug-likeness (QED) is 0.866. The Hall–Kier alpha value is -1.06. The lowest BCUT2D eigenvalue weighted by Crippen LogP contribution is -2.74. The van der Waals surface area contributed by atoms with Crippen molar-refractivity contribution in [3.05, 3.63) is 0 Å². The van der Waals surface area contributed by atoms with Gasteiger partial charge in [-0.2, -0.15) is 0 Å². The molecule has 1 unspecified atom stereocenters. The lowest BCUT2D eigenvalue weighted by atomic mass is 9.76. The maximum atomic E-state index is 13.2. The van der Waals surface area contributed by atoms with Crippen LogP contribution in [0.5, 0.6) is 0 Å². The SMILES string of the molecule is CCCC(C)(C)N1C(=O)C2(CCCCC2)NC(=O)C1CC. The zero-order valence-electron chi connectivity index (χ0n) is 14.0. The molecule has 120 valence electrons. The van der Waals surface area contributed by atoms with Crippen molar-refractivity contribution >= 4 is 11.8 Å². The summed E-state index contributed by atoms with van der Waals surface area (Å²) in [5.41, 5.74) is -0.874. The lowest BCUT2D eigenvalue weighted by Gasteiger charge is -2.53. The van der Waals surface area contributed by atoms with E-state index >= 15 is 0 Å². The summed E-state index contributed by atoms with van der Waals surface area (Å²) in [4.78, 5) is 27.8. The molecule has 0 bridgehead atoms. The van der Waals surface area contributed by atoms with E-state index in [1.165, 1.54) is 6.42 Å². The van der Waals surface area contributed by atoms with Crippen LogP contribution in [0.25, 0.3) is 0 Å². The molecule has 0 radical (unpaired) electrons. The van der Waals surface area contributed by atoms with Crippen molar-refractivity contribution in [1.29, 1.82) is 0 Å². The number of hydrogen-bond acceptors (Lipinski definition) is 2. The van der Waals surface area contributed by atoms with Crippen molar-refractivity contribution in [3.63, 3.8) is 0 Å². The molecule has 0 aromatic heterocycles. The topological polar surface area (TPSA) is 49.4 Å². The summed E-state index contributed by atoms with van der Waals surface area (Å²) in [7, 11) is 0. The standard InChI is InChI=1S/C17H30N2O2/c1-5-10-16(3,4)19-13(6-2)14(20)18-17(15(19)21)11-8-7-9-12-17/h13H,5-12H2,1-4H3,(H,18,20). The molecular formula is C17H30N2O2. The lowest BCUT2D eigenvalue weighted by molar-refractivity contribution is -0.164. The average Bonchev–Trinajstić information content (AvgIpc) is 2.43. The van der Waals surface area contributed by atoms with Gasteiger partial charge in [0.25, 0.3) is 0 Å². The summed E-state index contributed by atoms with van der Waals surface area (Å²) in [5, 5.41) is 3.10. The summed E-state index contributed by atoms with van der Waals surface area (Å²) >= 11 is 0. The minimum atomic E-state index is -0.619. The van der Waals surface area contributed by atoms with Crippen LogP contribution in [0.1, 0.15) is 79.1 Å². The third kappa shape index (κ3) is 2.82. The molecular weight excluding hydrogens is 264 g/mol. The van der Waals surface area contributed by atoms with Crippen molar-refractivity contribution in [2.75, 3.05) is 0 Å². The molecule has 4 nitrogen and oxygen atoms in total. The Kier molecular flexibility index (Phi) is 4.64. The predicted molar refractivity (Wildman–Crippen MR) is 83.9 cm³/mol. The van der Waals surface area contributed by atoms with Crippen LogP contribution in [0.3, 0.4) is 0 Å². The minimum absolute atomic E-state index is 0.0446. The number of amides is 2. The Morgan fingerprint density at radius 3 is 2.33 bits per heavy atom. The van der Waals surface area contributed by atoms with Crippen LogP contribution in [-0.4, -0.2) is 33.8 Å². The number of rotatable bonds is 4. The molecule has 1 N–H and O–H groups in total. The second-order valence-electron chi connectivity index (χ2n) is 7.29. The molecule has 2 amide bonds. The van der Waals surface area contributed by atoms with Crippen LogP contribution in [0.15, 0.2) is 0 Å². The van der Waals surface area contributed by atoms with Gasteiger partial charge in [0, 0.05) is 5.54 Å². The highest BCUT2D eigenvalue weighted by Gasteiger charge is 2.53. The van der Waals surface area contributed by atoms with E-state index in [9.17, 15) is 9.59 Å². The molecule has 4 heteroatoms. The van der Waals surface area contributed by atoms with E-state index < -0.39 is 5.54 Å². The third-order valence-corrected chi connectivity index (χ3v) is 5.21. The van der Waals surface area contributed by atoms with Crippen LogP contribution in [0, 0.1) is 0 Å². The van der Waals surface area contributed by atoms with E-state index in [4.69, 9.17) is 0 Å². The molecule has 0 aromatic carbocycles. The van der Waals surface area contributed by atoms with Gasteiger partial charge in [-0.05, 0) is 39.5 Å². The van der Waals surface area contributed by atoms with E-state index in [1.807, 2.05) is 11.8 Å². The first-order chi connectivity index (χ1) is 9.88. The number of nitrogens with zero attached hydrogens (tertiary/aromatic N) is 1. The third-order valence-electron chi connectivity index (χ3n) is 5.21. The largest absolute Gasteiger partial charge is 0.340 e. The van der Waals surface area contributed by atoms with Crippen molar-refractivity contribution in [3.8, 4) is 0 Å². The Bertz CT molecular complexity index is 411. The molecule has 21 heavy (non-hydrogen) atoms. The van der Waals surface area contributed by atoms with E-state index in [0.29, 0.717) is 6.42 Å². The maximum absolute atomic E-state index is 13.2. The highest BCUT2D eigenvalue weighted by molar-refractivity contribution is 6.00. The van der Waals surface area contributed by atoms with Gasteiger partial charge >= 0.3 is 0 Å². The Morgan fingerprint density at radius 1 is 1.19 bits per heavy atom. The molecule has 2 aliphatic rings. The van der Waals surface area contributed by atoms with Crippen LogP contribution in [-0.2, 0) is 9.59 Å². The first-order valence-electron chi connectivity index (χ1n) is 8.54. The molecule has 2 rings (SSSR count). The minimum Gasteiger partial charge on any atom is -0.340 e. The highest BCUT2D eigenvalue weighted by atomic mass is 16.2. The van der Waals surface area contributed by atoms with Crippen LogP contribution < -0.4 is 5.32 Å². The van der Waals surface area contributed by atoms with Crippen LogP contribution >= 0.6 is 0 Å². The molecule has 1 atom stereocenters. The molecule has 1 heterocycles. The molecule has 1 spiro atoms. The second-order valence-corrected chi connectivity index (χ2v) is 7.29. The van der Waals surface area contributed by atoms with Gasteiger partial charge in [-0.1, -0.05) is 39.5 Å². The zero-order chi connectivity index (χ0) is 15.7. The van der Waals surface area contributed by atoms with E-state index in [0.717, 1.165) is 38.5 Å². The number of carbonyl (C=O) groups is 2. The van der Waals surface area contributed by atoms with Gasteiger partial charge in [-0.25, -0.2) is 0 Å². The van der Waals surface area contributed by atoms with Crippen molar-refractivity contribution in [2.24, 2.45) is 0 Å². The van der Waals surface area contributed by atoms with Crippen molar-refractivity contribution < 1.29 is 9.59 Å². The number of hydrogen-bond donors (Lipinski definition) is 1. The Morgan fingerprint density at radius 2 is 1.81 bits per heavy atom. The van der Waals surface area contributed by atoms with Crippen molar-refractivity contribution in [2.45, 2.75) is 96.2 Å². The molecule has 1 aliphatic carbocycles. The van der Waals surface area contributed by atoms with Gasteiger partial charge in [0.2, 0.25) is 11.8 Å². The van der Waals surface area contributed by atoms with Gasteiger partial charge in [0.1, 0.15) is 11.6 Å². The zero-order valence-corrected chi connectivity index (χ0v) is 14.0. The average molecular weight is 294 g/mol. The van der Waals surface area contributed by atoms with E-state index in [-0.39, 0.29) is 23.4 Å². The molecule has 1 aliphatic heterocycles. The summed E-state index contributed by atoms with van der Waals surface area (Å²) in [6.45, 7) is 8.33. The normalized spacial score (nSPS) is 26.1. The molecule has 0 aromatic rings. The molecule has 2 fully saturated rings. The fraction of sp³-hybridized carbons (Fsp3) is 0.882. The summed E-state index contributed by atoms with van der Waals surface area (Å²) in [6, 6.07) is -0.313. The fourth-order valence-electron chi connectivity index (χ4n) is 4.15. The maximum Gasteiger partial charge on any atom is 0.249 e. The van der Waals surface area contributed by atoms with Gasteiger partial charge in [-0.3, -0.25) is 9.59 Å². The smallest absolute Gasteiger partial charge is 0.249 e. The first-order valence-corrected chi connectivity index (χ1v) is 8.54. The fourth-order valence-corrected chi connectivity index (χ4v) is 4.15. The van der Waals surface area contributed by atoms with Gasteiger partial charge in [-0.15, -0.1) is 0 Å². The summed E-state index contributed by atoms with van der Waals surface area (Å²) < 4.78 is 0. The second kappa shape index (κ2) is 5.98. The summed E-state index contributed by atoms with van der Waals surface area (Å²) in [5.74, 6) is 0.204. The first kappa shape index (κ1) is 16.3. The van der Waals surface area contributed by atoms with Gasteiger partial charge < -0.3 is 10.2 Å².